The predicted octanol–water partition coefficient (Wildman–Crippen LogP) is 3.31. The Hall–Kier alpha value is -3.55. The van der Waals surface area contributed by atoms with Gasteiger partial charge >= 0.3 is 5.97 Å². The monoisotopic (exact) mass is 481 g/mol. The molecule has 0 spiro atoms. The first-order valence-corrected chi connectivity index (χ1v) is 12.3. The van der Waals surface area contributed by atoms with Crippen LogP contribution in [0.5, 0.6) is 5.75 Å². The fourth-order valence-electron chi connectivity index (χ4n) is 4.41. The minimum absolute atomic E-state index is 0.0964. The van der Waals surface area contributed by atoms with Crippen molar-refractivity contribution >= 4 is 23.5 Å². The summed E-state index contributed by atoms with van der Waals surface area (Å²) < 4.78 is 0. The van der Waals surface area contributed by atoms with Gasteiger partial charge in [0.1, 0.15) is 17.8 Å². The molecule has 2 amide bonds. The maximum atomic E-state index is 13.0. The number of aliphatic carboxylic acids is 1. The molecule has 8 heteroatoms. The number of aromatic hydroxyl groups is 1. The fraction of sp³-hybridized carbons (Fsp3) is 0.444. The summed E-state index contributed by atoms with van der Waals surface area (Å²) in [5, 5.41) is 27.6. The van der Waals surface area contributed by atoms with Crippen molar-refractivity contribution in [3.8, 4) is 5.75 Å². The highest BCUT2D eigenvalue weighted by molar-refractivity contribution is 5.92. The van der Waals surface area contributed by atoms with Gasteiger partial charge in [0.05, 0.1) is 0 Å². The molecule has 1 aliphatic heterocycles. The zero-order chi connectivity index (χ0) is 25.2. The molecule has 2 aromatic carbocycles. The lowest BCUT2D eigenvalue weighted by atomic mass is 10.0. The first kappa shape index (κ1) is 26.1. The molecule has 3 rings (SSSR count). The molecular weight excluding hydrogens is 446 g/mol. The topological polar surface area (TPSA) is 128 Å². The highest BCUT2D eigenvalue weighted by Gasteiger charge is 2.31. The zero-order valence-corrected chi connectivity index (χ0v) is 20.2. The van der Waals surface area contributed by atoms with Crippen LogP contribution in [-0.2, 0) is 27.2 Å². The quantitative estimate of drug-likeness (QED) is 0.279. The number of hydrogen-bond acceptors (Lipinski definition) is 5. The molecule has 2 aromatic rings. The number of carboxylic acids is 1. The Morgan fingerprint density at radius 2 is 1.86 bits per heavy atom. The van der Waals surface area contributed by atoms with Crippen molar-refractivity contribution in [2.24, 2.45) is 0 Å². The van der Waals surface area contributed by atoms with Crippen molar-refractivity contribution < 1.29 is 24.6 Å². The van der Waals surface area contributed by atoms with Crippen molar-refractivity contribution in [3.05, 3.63) is 59.2 Å². The number of rotatable bonds is 13. The van der Waals surface area contributed by atoms with Crippen molar-refractivity contribution in [1.29, 1.82) is 0 Å². The van der Waals surface area contributed by atoms with Crippen LogP contribution >= 0.6 is 0 Å². The highest BCUT2D eigenvalue weighted by atomic mass is 16.4. The van der Waals surface area contributed by atoms with Crippen LogP contribution in [0.25, 0.3) is 0 Å². The number of carbonyl (C=O) groups excluding carboxylic acids is 2. The van der Waals surface area contributed by atoms with E-state index < -0.39 is 18.1 Å². The lowest BCUT2D eigenvalue weighted by molar-refractivity contribution is -0.137. The lowest BCUT2D eigenvalue weighted by Gasteiger charge is -2.21. The van der Waals surface area contributed by atoms with E-state index in [0.717, 1.165) is 29.7 Å². The minimum atomic E-state index is -0.834. The first-order chi connectivity index (χ1) is 16.8. The smallest absolute Gasteiger partial charge is 0.303 e. The molecule has 8 nitrogen and oxygen atoms in total. The SMILES string of the molecule is Cc1cc(O)cc2c1C[C@@H](C(=O)N[C@H](CCCCCC(=O)O)C(=O)NCCCc1ccccc1)N2. The maximum Gasteiger partial charge on any atom is 0.303 e. The molecule has 0 bridgehead atoms. The van der Waals surface area contributed by atoms with Crippen molar-refractivity contribution in [2.75, 3.05) is 11.9 Å². The van der Waals surface area contributed by atoms with Crippen LogP contribution in [0.1, 0.15) is 55.2 Å². The van der Waals surface area contributed by atoms with Crippen molar-refractivity contribution in [2.45, 2.75) is 70.4 Å². The number of carbonyl (C=O) groups is 3. The van der Waals surface area contributed by atoms with E-state index in [4.69, 9.17) is 5.11 Å². The number of amides is 2. The Kier molecular flexibility index (Phi) is 9.52. The van der Waals surface area contributed by atoms with Crippen LogP contribution in [-0.4, -0.2) is 46.6 Å². The van der Waals surface area contributed by atoms with Gasteiger partial charge in [-0.2, -0.15) is 0 Å². The molecule has 5 N–H and O–H groups in total. The molecule has 0 unspecified atom stereocenters. The molecule has 0 radical (unpaired) electrons. The lowest BCUT2D eigenvalue weighted by Crippen LogP contribution is -2.51. The zero-order valence-electron chi connectivity index (χ0n) is 20.2. The van der Waals surface area contributed by atoms with Gasteiger partial charge in [-0.05, 0) is 55.4 Å². The van der Waals surface area contributed by atoms with Crippen LogP contribution in [0.3, 0.4) is 0 Å². The Morgan fingerprint density at radius 1 is 1.09 bits per heavy atom. The van der Waals surface area contributed by atoms with E-state index >= 15 is 0 Å². The van der Waals surface area contributed by atoms with Crippen LogP contribution < -0.4 is 16.0 Å². The Labute approximate surface area is 206 Å². The minimum Gasteiger partial charge on any atom is -0.508 e. The van der Waals surface area contributed by atoms with E-state index in [1.807, 2.05) is 25.1 Å². The van der Waals surface area contributed by atoms with Crippen LogP contribution in [0.15, 0.2) is 42.5 Å². The molecule has 1 aliphatic rings. The van der Waals surface area contributed by atoms with Crippen molar-refractivity contribution in [3.63, 3.8) is 0 Å². The van der Waals surface area contributed by atoms with Gasteiger partial charge < -0.3 is 26.2 Å². The normalized spacial score (nSPS) is 15.1. The van der Waals surface area contributed by atoms with Gasteiger partial charge in [0.25, 0.3) is 0 Å². The summed E-state index contributed by atoms with van der Waals surface area (Å²) in [7, 11) is 0. The van der Waals surface area contributed by atoms with Gasteiger partial charge in [0.15, 0.2) is 0 Å². The average Bonchev–Trinajstić information content (AvgIpc) is 3.26. The number of benzene rings is 2. The van der Waals surface area contributed by atoms with Crippen LogP contribution in [0.4, 0.5) is 5.69 Å². The third kappa shape index (κ3) is 8.02. The molecule has 188 valence electrons. The van der Waals surface area contributed by atoms with Gasteiger partial charge in [-0.3, -0.25) is 14.4 Å². The third-order valence-corrected chi connectivity index (χ3v) is 6.31. The molecule has 0 saturated heterocycles. The second-order valence-corrected chi connectivity index (χ2v) is 9.12. The summed E-state index contributed by atoms with van der Waals surface area (Å²) in [6.45, 7) is 2.40. The molecule has 2 atom stereocenters. The summed E-state index contributed by atoms with van der Waals surface area (Å²) in [6.07, 6.45) is 4.51. The molecule has 1 heterocycles. The van der Waals surface area contributed by atoms with E-state index in [2.05, 4.69) is 28.1 Å². The van der Waals surface area contributed by atoms with E-state index in [1.54, 1.807) is 12.1 Å². The van der Waals surface area contributed by atoms with Gasteiger partial charge in [0.2, 0.25) is 11.8 Å². The molecule has 0 saturated carbocycles. The second-order valence-electron chi connectivity index (χ2n) is 9.12. The Balaban J connectivity index is 1.53. The third-order valence-electron chi connectivity index (χ3n) is 6.31. The molecule has 0 aliphatic carbocycles. The van der Waals surface area contributed by atoms with E-state index in [9.17, 15) is 19.5 Å². The number of anilines is 1. The number of aryl methyl sites for hydroxylation is 2. The van der Waals surface area contributed by atoms with Crippen molar-refractivity contribution in [1.82, 2.24) is 10.6 Å². The standard InChI is InChI=1S/C27H35N3O5/c1-18-15-20(31)16-23-21(18)17-24(29-23)27(35)30-22(12-6-3-7-13-25(32)33)26(34)28-14-8-11-19-9-4-2-5-10-19/h2,4-5,9-10,15-16,22,24,29,31H,3,6-8,11-14,17H2,1H3,(H,28,34)(H,30,35)(H,32,33)/t22-,24+/m1/s1. The van der Waals surface area contributed by atoms with Gasteiger partial charge in [-0.15, -0.1) is 0 Å². The van der Waals surface area contributed by atoms with Crippen LogP contribution in [0.2, 0.25) is 0 Å². The van der Waals surface area contributed by atoms with E-state index in [0.29, 0.717) is 38.6 Å². The number of nitrogens with one attached hydrogen (secondary N) is 3. The number of hydrogen-bond donors (Lipinski definition) is 5. The largest absolute Gasteiger partial charge is 0.508 e. The number of carboxylic acid groups (broad SMARTS) is 1. The van der Waals surface area contributed by atoms with E-state index in [-0.39, 0.29) is 24.0 Å². The van der Waals surface area contributed by atoms with Gasteiger partial charge in [-0.25, -0.2) is 0 Å². The summed E-state index contributed by atoms with van der Waals surface area (Å²) in [5.74, 6) is -1.19. The summed E-state index contributed by atoms with van der Waals surface area (Å²) in [6, 6.07) is 12.1. The van der Waals surface area contributed by atoms with E-state index in [1.165, 1.54) is 5.56 Å². The predicted molar refractivity (Wildman–Crippen MR) is 134 cm³/mol. The number of unbranched alkanes of at least 4 members (excludes halogenated alkanes) is 2. The molecule has 0 aromatic heterocycles. The number of phenolic OH excluding ortho intramolecular Hbond substituents is 1. The first-order valence-electron chi connectivity index (χ1n) is 12.3. The summed E-state index contributed by atoms with van der Waals surface area (Å²) in [5.41, 5.74) is 3.84. The Bertz CT molecular complexity index is 1020. The average molecular weight is 482 g/mol. The van der Waals surface area contributed by atoms with Gasteiger partial charge in [0, 0.05) is 31.1 Å². The maximum absolute atomic E-state index is 13.0. The molecule has 35 heavy (non-hydrogen) atoms. The number of fused-ring (bicyclic) bond motifs is 1. The number of phenols is 1. The summed E-state index contributed by atoms with van der Waals surface area (Å²) >= 11 is 0. The molecular formula is C27H35N3O5. The highest BCUT2D eigenvalue weighted by Crippen LogP contribution is 2.32. The second kappa shape index (κ2) is 12.8. The van der Waals surface area contributed by atoms with Crippen LogP contribution in [0, 0.1) is 6.92 Å². The summed E-state index contributed by atoms with van der Waals surface area (Å²) in [4.78, 5) is 36.7. The Morgan fingerprint density at radius 3 is 2.60 bits per heavy atom. The molecule has 0 fully saturated rings. The van der Waals surface area contributed by atoms with Gasteiger partial charge in [-0.1, -0.05) is 43.2 Å². The fourth-order valence-corrected chi connectivity index (χ4v) is 4.41.